The molecule has 0 saturated carbocycles. The summed E-state index contributed by atoms with van der Waals surface area (Å²) in [6.45, 7) is 3.78. The number of nitrogens with two attached hydrogens (primary N) is 1. The van der Waals surface area contributed by atoms with Gasteiger partial charge >= 0.3 is 0 Å². The van der Waals surface area contributed by atoms with E-state index in [2.05, 4.69) is 4.98 Å². The van der Waals surface area contributed by atoms with Gasteiger partial charge in [-0.3, -0.25) is 0 Å². The number of aromatic nitrogens is 1. The van der Waals surface area contributed by atoms with Crippen molar-refractivity contribution in [2.45, 2.75) is 19.9 Å². The fourth-order valence-electron chi connectivity index (χ4n) is 1.46. The second kappa shape index (κ2) is 4.28. The van der Waals surface area contributed by atoms with Gasteiger partial charge in [0.05, 0.1) is 17.3 Å². The van der Waals surface area contributed by atoms with Crippen LogP contribution in [-0.4, -0.2) is 4.98 Å². The Kier molecular flexibility index (Phi) is 2.99. The summed E-state index contributed by atoms with van der Waals surface area (Å²) in [5.74, 6) is 1.17. The molecule has 0 saturated heterocycles. The van der Waals surface area contributed by atoms with E-state index in [0.29, 0.717) is 16.7 Å². The first-order valence-electron chi connectivity index (χ1n) is 5.06. The molecule has 0 radical (unpaired) electrons. The highest BCUT2D eigenvalue weighted by molar-refractivity contribution is 6.33. The number of halogens is 1. The van der Waals surface area contributed by atoms with Crippen LogP contribution < -0.4 is 5.73 Å². The normalized spacial score (nSPS) is 12.8. The van der Waals surface area contributed by atoms with Crippen molar-refractivity contribution in [2.75, 3.05) is 0 Å². The van der Waals surface area contributed by atoms with Gasteiger partial charge in [0.15, 0.2) is 5.76 Å². The molecule has 1 unspecified atom stereocenters. The van der Waals surface area contributed by atoms with Gasteiger partial charge in [0.2, 0.25) is 5.89 Å². The smallest absolute Gasteiger partial charge is 0.211 e. The largest absolute Gasteiger partial charge is 0.439 e. The Balaban J connectivity index is 2.47. The van der Waals surface area contributed by atoms with Gasteiger partial charge in [-0.25, -0.2) is 4.98 Å². The molecule has 0 aliphatic heterocycles. The fraction of sp³-hybridized carbons (Fsp3) is 0.250. The van der Waals surface area contributed by atoms with Crippen LogP contribution in [0, 0.1) is 6.92 Å². The molecule has 0 aliphatic rings. The summed E-state index contributed by atoms with van der Waals surface area (Å²) in [7, 11) is 0. The van der Waals surface area contributed by atoms with Crippen LogP contribution in [0.3, 0.4) is 0 Å². The van der Waals surface area contributed by atoms with Gasteiger partial charge in [-0.05, 0) is 25.5 Å². The van der Waals surface area contributed by atoms with Crippen LogP contribution in [0.15, 0.2) is 28.8 Å². The monoisotopic (exact) mass is 236 g/mol. The van der Waals surface area contributed by atoms with Crippen molar-refractivity contribution in [1.29, 1.82) is 0 Å². The molecule has 84 valence electrons. The maximum Gasteiger partial charge on any atom is 0.211 e. The van der Waals surface area contributed by atoms with E-state index in [4.69, 9.17) is 21.8 Å². The van der Waals surface area contributed by atoms with Crippen LogP contribution in [0.1, 0.15) is 24.4 Å². The van der Waals surface area contributed by atoms with Crippen LogP contribution >= 0.6 is 11.6 Å². The SMILES string of the molecule is Cc1cccc(-c2cnc(C(C)N)o2)c1Cl. The van der Waals surface area contributed by atoms with Crippen molar-refractivity contribution in [3.05, 3.63) is 40.9 Å². The average Bonchev–Trinajstić information content (AvgIpc) is 2.71. The zero-order valence-electron chi connectivity index (χ0n) is 9.20. The lowest BCUT2D eigenvalue weighted by Gasteiger charge is -2.03. The van der Waals surface area contributed by atoms with E-state index in [1.807, 2.05) is 32.0 Å². The number of hydrogen-bond donors (Lipinski definition) is 1. The highest BCUT2D eigenvalue weighted by Gasteiger charge is 2.12. The molecule has 2 rings (SSSR count). The number of hydrogen-bond acceptors (Lipinski definition) is 3. The molecular formula is C12H13ClN2O. The van der Waals surface area contributed by atoms with Crippen LogP contribution in [0.4, 0.5) is 0 Å². The van der Waals surface area contributed by atoms with Gasteiger partial charge in [0, 0.05) is 5.56 Å². The second-order valence-corrected chi connectivity index (χ2v) is 4.17. The topological polar surface area (TPSA) is 52.0 Å². The standard InChI is InChI=1S/C12H13ClN2O/c1-7-4-3-5-9(11(7)13)10-6-15-12(16-10)8(2)14/h3-6,8H,14H2,1-2H3. The van der Waals surface area contributed by atoms with Crippen molar-refractivity contribution in [1.82, 2.24) is 4.98 Å². The zero-order valence-corrected chi connectivity index (χ0v) is 9.95. The third-order valence-electron chi connectivity index (χ3n) is 2.37. The Morgan fingerprint density at radius 1 is 1.44 bits per heavy atom. The first kappa shape index (κ1) is 11.2. The van der Waals surface area contributed by atoms with Gasteiger partial charge in [0.1, 0.15) is 0 Å². The molecule has 0 bridgehead atoms. The summed E-state index contributed by atoms with van der Waals surface area (Å²) >= 11 is 6.20. The van der Waals surface area contributed by atoms with Crippen molar-refractivity contribution < 1.29 is 4.42 Å². The summed E-state index contributed by atoms with van der Waals surface area (Å²) in [5.41, 5.74) is 7.54. The van der Waals surface area contributed by atoms with Gasteiger partial charge in [-0.2, -0.15) is 0 Å². The van der Waals surface area contributed by atoms with Gasteiger partial charge in [-0.15, -0.1) is 0 Å². The minimum absolute atomic E-state index is 0.211. The van der Waals surface area contributed by atoms with Crippen LogP contribution in [0.5, 0.6) is 0 Å². The maximum absolute atomic E-state index is 6.20. The van der Waals surface area contributed by atoms with Crippen LogP contribution in [0.2, 0.25) is 5.02 Å². The second-order valence-electron chi connectivity index (χ2n) is 3.79. The zero-order chi connectivity index (χ0) is 11.7. The van der Waals surface area contributed by atoms with Crippen LogP contribution in [0.25, 0.3) is 11.3 Å². The predicted molar refractivity (Wildman–Crippen MR) is 64.3 cm³/mol. The quantitative estimate of drug-likeness (QED) is 0.870. The average molecular weight is 237 g/mol. The van der Waals surface area contributed by atoms with Crippen molar-refractivity contribution in [3.8, 4) is 11.3 Å². The Bertz CT molecular complexity index is 505. The molecular weight excluding hydrogens is 224 g/mol. The fourth-order valence-corrected chi connectivity index (χ4v) is 1.68. The molecule has 1 atom stereocenters. The molecule has 0 spiro atoms. The van der Waals surface area contributed by atoms with E-state index >= 15 is 0 Å². The minimum Gasteiger partial charge on any atom is -0.439 e. The Morgan fingerprint density at radius 3 is 2.81 bits per heavy atom. The van der Waals surface area contributed by atoms with E-state index in [1.54, 1.807) is 6.20 Å². The number of nitrogens with zero attached hydrogens (tertiary/aromatic N) is 1. The number of oxazole rings is 1. The Morgan fingerprint density at radius 2 is 2.19 bits per heavy atom. The summed E-state index contributed by atoms with van der Waals surface area (Å²) in [5, 5.41) is 0.690. The summed E-state index contributed by atoms with van der Waals surface area (Å²) < 4.78 is 5.55. The minimum atomic E-state index is -0.211. The Hall–Kier alpha value is -1.32. The highest BCUT2D eigenvalue weighted by atomic mass is 35.5. The molecule has 1 aromatic heterocycles. The van der Waals surface area contributed by atoms with Crippen molar-refractivity contribution in [3.63, 3.8) is 0 Å². The van der Waals surface area contributed by atoms with Crippen molar-refractivity contribution >= 4 is 11.6 Å². The van der Waals surface area contributed by atoms with E-state index in [9.17, 15) is 0 Å². The molecule has 16 heavy (non-hydrogen) atoms. The van der Waals surface area contributed by atoms with E-state index in [0.717, 1.165) is 11.1 Å². The van der Waals surface area contributed by atoms with Gasteiger partial charge < -0.3 is 10.2 Å². The maximum atomic E-state index is 6.20. The lowest BCUT2D eigenvalue weighted by atomic mass is 10.1. The first-order chi connectivity index (χ1) is 7.59. The summed E-state index contributed by atoms with van der Waals surface area (Å²) in [6.07, 6.45) is 1.65. The predicted octanol–water partition coefficient (Wildman–Crippen LogP) is 3.32. The van der Waals surface area contributed by atoms with Gasteiger partial charge in [0.25, 0.3) is 0 Å². The third kappa shape index (κ3) is 1.96. The molecule has 4 heteroatoms. The molecule has 2 aromatic rings. The first-order valence-corrected chi connectivity index (χ1v) is 5.44. The molecule has 0 fully saturated rings. The van der Waals surface area contributed by atoms with Crippen LogP contribution in [-0.2, 0) is 0 Å². The lowest BCUT2D eigenvalue weighted by molar-refractivity contribution is 0.473. The van der Waals surface area contributed by atoms with E-state index < -0.39 is 0 Å². The molecule has 0 aliphatic carbocycles. The highest BCUT2D eigenvalue weighted by Crippen LogP contribution is 2.31. The molecule has 3 nitrogen and oxygen atoms in total. The number of aryl methyl sites for hydroxylation is 1. The molecule has 2 N–H and O–H groups in total. The summed E-state index contributed by atoms with van der Waals surface area (Å²) in [6, 6.07) is 5.58. The van der Waals surface area contributed by atoms with Gasteiger partial charge in [-0.1, -0.05) is 23.7 Å². The number of rotatable bonds is 2. The third-order valence-corrected chi connectivity index (χ3v) is 2.87. The van der Waals surface area contributed by atoms with E-state index in [1.165, 1.54) is 0 Å². The van der Waals surface area contributed by atoms with E-state index in [-0.39, 0.29) is 6.04 Å². The number of benzene rings is 1. The molecule has 0 amide bonds. The molecule has 1 heterocycles. The Labute approximate surface area is 99.2 Å². The lowest BCUT2D eigenvalue weighted by Crippen LogP contribution is -2.04. The molecule has 1 aromatic carbocycles. The van der Waals surface area contributed by atoms with Crippen molar-refractivity contribution in [2.24, 2.45) is 5.73 Å². The summed E-state index contributed by atoms with van der Waals surface area (Å²) in [4.78, 5) is 4.11.